The fraction of sp³-hybridized carbons (Fsp3) is 0.688. The summed E-state index contributed by atoms with van der Waals surface area (Å²) in [7, 11) is 1.90. The number of aryl methyl sites for hydroxylation is 2. The normalized spacial score (nSPS) is 22.5. The highest BCUT2D eigenvalue weighted by Gasteiger charge is 2.31. The van der Waals surface area contributed by atoms with E-state index < -0.39 is 5.97 Å². The molecule has 0 spiro atoms. The molecular formula is C16H25N3O3. The van der Waals surface area contributed by atoms with Gasteiger partial charge in [0.05, 0.1) is 11.6 Å². The van der Waals surface area contributed by atoms with E-state index in [1.807, 2.05) is 32.5 Å². The van der Waals surface area contributed by atoms with Gasteiger partial charge in [0, 0.05) is 24.7 Å². The van der Waals surface area contributed by atoms with Crippen LogP contribution in [0.2, 0.25) is 0 Å². The summed E-state index contributed by atoms with van der Waals surface area (Å²) in [5, 5.41) is 16.4. The zero-order valence-corrected chi connectivity index (χ0v) is 13.7. The van der Waals surface area contributed by atoms with Crippen LogP contribution in [0, 0.1) is 25.7 Å². The molecule has 1 fully saturated rings. The van der Waals surface area contributed by atoms with Gasteiger partial charge in [-0.2, -0.15) is 5.10 Å². The van der Waals surface area contributed by atoms with Crippen molar-refractivity contribution in [3.05, 3.63) is 17.0 Å². The lowest BCUT2D eigenvalue weighted by Crippen LogP contribution is -2.37. The number of aliphatic carboxylic acids is 1. The Kier molecular flexibility index (Phi) is 4.88. The second-order valence-corrected chi connectivity index (χ2v) is 6.43. The zero-order chi connectivity index (χ0) is 16.4. The van der Waals surface area contributed by atoms with E-state index in [2.05, 4.69) is 10.4 Å². The third-order valence-corrected chi connectivity index (χ3v) is 4.75. The van der Waals surface area contributed by atoms with Crippen LogP contribution in [-0.4, -0.2) is 32.8 Å². The van der Waals surface area contributed by atoms with Gasteiger partial charge in [-0.15, -0.1) is 0 Å². The summed E-state index contributed by atoms with van der Waals surface area (Å²) >= 11 is 0. The largest absolute Gasteiger partial charge is 0.481 e. The Bertz CT molecular complexity index is 579. The quantitative estimate of drug-likeness (QED) is 0.865. The SMILES string of the molecule is Cc1nn(C)c(C)c1CC(C)C(=O)N[C@H]1CC[C@@H](C(=O)O)C1. The first-order chi connectivity index (χ1) is 10.3. The molecule has 1 unspecified atom stereocenters. The molecule has 3 atom stereocenters. The van der Waals surface area contributed by atoms with Crippen molar-refractivity contribution in [3.63, 3.8) is 0 Å². The number of carboxylic acid groups (broad SMARTS) is 1. The van der Waals surface area contributed by atoms with E-state index in [1.165, 1.54) is 0 Å². The Hall–Kier alpha value is -1.85. The van der Waals surface area contributed by atoms with Crippen LogP contribution in [0.15, 0.2) is 0 Å². The average molecular weight is 307 g/mol. The van der Waals surface area contributed by atoms with E-state index in [0.29, 0.717) is 19.3 Å². The molecule has 1 amide bonds. The number of carbonyl (C=O) groups excluding carboxylic acids is 1. The molecule has 0 radical (unpaired) electrons. The van der Waals surface area contributed by atoms with Crippen LogP contribution in [0.3, 0.4) is 0 Å². The molecule has 0 bridgehead atoms. The maximum atomic E-state index is 12.3. The third kappa shape index (κ3) is 3.48. The number of nitrogens with zero attached hydrogens (tertiary/aromatic N) is 2. The number of amides is 1. The lowest BCUT2D eigenvalue weighted by Gasteiger charge is -2.17. The number of carbonyl (C=O) groups is 2. The van der Waals surface area contributed by atoms with Gasteiger partial charge < -0.3 is 10.4 Å². The number of hydrogen-bond acceptors (Lipinski definition) is 3. The highest BCUT2D eigenvalue weighted by molar-refractivity contribution is 5.79. The Morgan fingerprint density at radius 3 is 2.59 bits per heavy atom. The fourth-order valence-corrected chi connectivity index (χ4v) is 3.19. The van der Waals surface area contributed by atoms with Gasteiger partial charge in [0.2, 0.25) is 5.91 Å². The zero-order valence-electron chi connectivity index (χ0n) is 13.7. The van der Waals surface area contributed by atoms with Crippen LogP contribution < -0.4 is 5.32 Å². The monoisotopic (exact) mass is 307 g/mol. The molecule has 2 rings (SSSR count). The minimum absolute atomic E-state index is 0.00121. The summed E-state index contributed by atoms with van der Waals surface area (Å²) in [6, 6.07) is -0.00728. The molecule has 1 saturated carbocycles. The topological polar surface area (TPSA) is 84.2 Å². The van der Waals surface area contributed by atoms with E-state index in [0.717, 1.165) is 23.4 Å². The number of carboxylic acids is 1. The average Bonchev–Trinajstić information content (AvgIpc) is 2.99. The Balaban J connectivity index is 1.91. The number of rotatable bonds is 5. The Morgan fingerprint density at radius 1 is 1.41 bits per heavy atom. The van der Waals surface area contributed by atoms with Crippen LogP contribution >= 0.6 is 0 Å². The molecular weight excluding hydrogens is 282 g/mol. The molecule has 6 heteroatoms. The van der Waals surface area contributed by atoms with E-state index >= 15 is 0 Å². The van der Waals surface area contributed by atoms with Gasteiger partial charge in [-0.25, -0.2) is 0 Å². The van der Waals surface area contributed by atoms with E-state index in [4.69, 9.17) is 5.11 Å². The number of aromatic nitrogens is 2. The third-order valence-electron chi connectivity index (χ3n) is 4.75. The van der Waals surface area contributed by atoms with Crippen LogP contribution in [0.5, 0.6) is 0 Å². The van der Waals surface area contributed by atoms with Gasteiger partial charge in [-0.3, -0.25) is 14.3 Å². The molecule has 0 aromatic carbocycles. The minimum atomic E-state index is -0.758. The highest BCUT2D eigenvalue weighted by atomic mass is 16.4. The molecule has 6 nitrogen and oxygen atoms in total. The molecule has 1 aliphatic rings. The second-order valence-electron chi connectivity index (χ2n) is 6.43. The van der Waals surface area contributed by atoms with Crippen molar-refractivity contribution < 1.29 is 14.7 Å². The van der Waals surface area contributed by atoms with Crippen LogP contribution in [0.25, 0.3) is 0 Å². The van der Waals surface area contributed by atoms with Crippen molar-refractivity contribution in [3.8, 4) is 0 Å². The molecule has 1 aromatic heterocycles. The first-order valence-corrected chi connectivity index (χ1v) is 7.81. The van der Waals surface area contributed by atoms with Gasteiger partial charge in [-0.1, -0.05) is 6.92 Å². The molecule has 2 N–H and O–H groups in total. The van der Waals surface area contributed by atoms with Gasteiger partial charge in [0.1, 0.15) is 0 Å². The predicted octanol–water partition coefficient (Wildman–Crippen LogP) is 1.59. The first-order valence-electron chi connectivity index (χ1n) is 7.81. The predicted molar refractivity (Wildman–Crippen MR) is 82.5 cm³/mol. The van der Waals surface area contributed by atoms with Crippen molar-refractivity contribution in [1.29, 1.82) is 0 Å². The van der Waals surface area contributed by atoms with Crippen LogP contribution in [-0.2, 0) is 23.1 Å². The molecule has 0 saturated heterocycles. The number of nitrogens with one attached hydrogen (secondary N) is 1. The van der Waals surface area contributed by atoms with Gasteiger partial charge in [0.25, 0.3) is 0 Å². The summed E-state index contributed by atoms with van der Waals surface area (Å²) < 4.78 is 1.84. The maximum Gasteiger partial charge on any atom is 0.306 e. The molecule has 122 valence electrons. The molecule has 0 aliphatic heterocycles. The van der Waals surface area contributed by atoms with Gasteiger partial charge >= 0.3 is 5.97 Å². The minimum Gasteiger partial charge on any atom is -0.481 e. The lowest BCUT2D eigenvalue weighted by atomic mass is 9.98. The number of hydrogen-bond donors (Lipinski definition) is 2. The molecule has 1 aromatic rings. The van der Waals surface area contributed by atoms with E-state index in [1.54, 1.807) is 0 Å². The van der Waals surface area contributed by atoms with E-state index in [-0.39, 0.29) is 23.8 Å². The molecule has 1 heterocycles. The summed E-state index contributed by atoms with van der Waals surface area (Å²) in [5.74, 6) is -1.22. The van der Waals surface area contributed by atoms with Gasteiger partial charge in [0.15, 0.2) is 0 Å². The fourth-order valence-electron chi connectivity index (χ4n) is 3.19. The first kappa shape index (κ1) is 16.5. The maximum absolute atomic E-state index is 12.3. The smallest absolute Gasteiger partial charge is 0.306 e. The standard InChI is InChI=1S/C16H25N3O3/c1-9(7-14-10(2)18-19(4)11(14)3)15(20)17-13-6-5-12(8-13)16(21)22/h9,12-13H,5-8H2,1-4H3,(H,17,20)(H,21,22)/t9?,12-,13+/m1/s1. The molecule has 22 heavy (non-hydrogen) atoms. The lowest BCUT2D eigenvalue weighted by molar-refractivity contribution is -0.141. The van der Waals surface area contributed by atoms with Gasteiger partial charge in [-0.05, 0) is 45.1 Å². The summed E-state index contributed by atoms with van der Waals surface area (Å²) in [5.41, 5.74) is 3.18. The van der Waals surface area contributed by atoms with Crippen LogP contribution in [0.1, 0.15) is 43.1 Å². The van der Waals surface area contributed by atoms with Crippen molar-refractivity contribution in [1.82, 2.24) is 15.1 Å². The second kappa shape index (κ2) is 6.50. The van der Waals surface area contributed by atoms with Crippen LogP contribution in [0.4, 0.5) is 0 Å². The Labute approximate surface area is 130 Å². The highest BCUT2D eigenvalue weighted by Crippen LogP contribution is 2.26. The van der Waals surface area contributed by atoms with Crippen molar-refractivity contribution in [2.45, 2.75) is 52.5 Å². The molecule has 1 aliphatic carbocycles. The Morgan fingerprint density at radius 2 is 2.09 bits per heavy atom. The summed E-state index contributed by atoms with van der Waals surface area (Å²) in [4.78, 5) is 23.3. The summed E-state index contributed by atoms with van der Waals surface area (Å²) in [6.45, 7) is 5.88. The summed E-state index contributed by atoms with van der Waals surface area (Å²) in [6.07, 6.45) is 2.60. The van der Waals surface area contributed by atoms with Crippen molar-refractivity contribution in [2.24, 2.45) is 18.9 Å². The van der Waals surface area contributed by atoms with E-state index in [9.17, 15) is 9.59 Å². The van der Waals surface area contributed by atoms with Crippen molar-refractivity contribution in [2.75, 3.05) is 0 Å². The van der Waals surface area contributed by atoms with Crippen molar-refractivity contribution >= 4 is 11.9 Å².